The summed E-state index contributed by atoms with van der Waals surface area (Å²) in [4.78, 5) is 30.6. The zero-order chi connectivity index (χ0) is 38.6. The number of methoxy groups -OCH3 is 1. The van der Waals surface area contributed by atoms with E-state index >= 15 is 0 Å². The van der Waals surface area contributed by atoms with Gasteiger partial charge in [-0.1, -0.05) is 57.9 Å². The van der Waals surface area contributed by atoms with Crippen molar-refractivity contribution in [3.8, 4) is 5.75 Å². The first-order chi connectivity index (χ1) is 25.8. The van der Waals surface area contributed by atoms with Crippen molar-refractivity contribution >= 4 is 11.9 Å². The van der Waals surface area contributed by atoms with Crippen molar-refractivity contribution in [3.05, 3.63) is 76.4 Å². The summed E-state index contributed by atoms with van der Waals surface area (Å²) in [6, 6.07) is 13.3. The molecule has 3 fully saturated rings. The van der Waals surface area contributed by atoms with Crippen LogP contribution in [0.4, 0.5) is 4.79 Å². The number of hydrogen-bond acceptors (Lipinski definition) is 7. The largest absolute Gasteiger partial charge is 0.497 e. The molecule has 0 radical (unpaired) electrons. The number of nitrogens with zero attached hydrogens (tertiary/aromatic N) is 1. The molecule has 54 heavy (non-hydrogen) atoms. The highest BCUT2D eigenvalue weighted by Gasteiger charge is 2.58. The van der Waals surface area contributed by atoms with Gasteiger partial charge in [0.05, 0.1) is 38.0 Å². The molecule has 4 aliphatic carbocycles. The molecule has 2 saturated carbocycles. The number of rotatable bonds is 9. The first-order valence-electron chi connectivity index (χ1n) is 20.7. The van der Waals surface area contributed by atoms with Gasteiger partial charge in [-0.15, -0.1) is 0 Å². The molecule has 0 aromatic heterocycles. The Balaban J connectivity index is 1.38. The lowest BCUT2D eigenvalue weighted by atomic mass is 9.64. The van der Waals surface area contributed by atoms with E-state index in [0.717, 1.165) is 56.1 Å². The molecule has 2 N–H and O–H groups in total. The molecule has 8 heteroatoms. The number of benzene rings is 2. The first kappa shape index (κ1) is 40.5. The van der Waals surface area contributed by atoms with E-state index in [-0.39, 0.29) is 36.5 Å². The molecule has 1 saturated heterocycles. The van der Waals surface area contributed by atoms with Crippen LogP contribution in [0.5, 0.6) is 5.75 Å². The van der Waals surface area contributed by atoms with Gasteiger partial charge in [0.15, 0.2) is 5.78 Å². The first-order valence-corrected chi connectivity index (χ1v) is 20.7. The number of aliphatic hydroxyl groups excluding tert-OH is 1. The van der Waals surface area contributed by atoms with Crippen LogP contribution >= 0.6 is 0 Å². The molecule has 5 aliphatic rings. The highest BCUT2D eigenvalue weighted by Crippen LogP contribution is 2.59. The predicted molar refractivity (Wildman–Crippen MR) is 212 cm³/mol. The summed E-state index contributed by atoms with van der Waals surface area (Å²) in [6.07, 6.45) is 10.4. The molecule has 1 aliphatic heterocycles. The Morgan fingerprint density at radius 1 is 1.04 bits per heavy atom. The average molecular weight is 744 g/mol. The predicted octanol–water partition coefficient (Wildman–Crippen LogP) is 9.04. The molecule has 7 rings (SSSR count). The van der Waals surface area contributed by atoms with E-state index in [1.54, 1.807) is 36.3 Å². The molecule has 2 aromatic rings. The second kappa shape index (κ2) is 17.3. The molecule has 2 aromatic carbocycles. The molecule has 8 nitrogen and oxygen atoms in total. The van der Waals surface area contributed by atoms with Crippen molar-refractivity contribution in [2.75, 3.05) is 26.8 Å². The smallest absolute Gasteiger partial charge is 0.410 e. The average Bonchev–Trinajstić information content (AvgIpc) is 3.75. The van der Waals surface area contributed by atoms with Crippen molar-refractivity contribution in [1.29, 1.82) is 0 Å². The van der Waals surface area contributed by atoms with Crippen molar-refractivity contribution in [2.24, 2.45) is 23.2 Å². The number of carbonyl (C=O) groups excluding carboxylic acids is 2. The standard InChI is InChI=1S/C46H65NO7/c1-30(2)38-19-12-32(4)25-42(38)54-44(50)47(28-37-10-8-24-53-37)29-46(51)23-21-41-39-20-13-33(26-35(48)16-11-31(3)9-7-22-45(41,46)5)27-40(39)43(49)34-14-17-36(52-6)18-15-34/h9,13-15,17-18,20,27,30,32,35,37-38,41-42,48,51H,7-8,10-12,16,19,21-26,28-29H2,1-6H3/t32-,35-,37+,38+,41-,42-,45-,46+/m0/s1. The highest BCUT2D eigenvalue weighted by molar-refractivity contribution is 6.10. The summed E-state index contributed by atoms with van der Waals surface area (Å²) in [6.45, 7) is 12.2. The van der Waals surface area contributed by atoms with Crippen LogP contribution in [0.1, 0.15) is 138 Å². The van der Waals surface area contributed by atoms with Crippen molar-refractivity contribution in [2.45, 2.75) is 141 Å². The minimum Gasteiger partial charge on any atom is -0.497 e. The summed E-state index contributed by atoms with van der Waals surface area (Å²) in [5.74, 6) is 1.65. The summed E-state index contributed by atoms with van der Waals surface area (Å²) in [5.41, 5.74) is 2.29. The third kappa shape index (κ3) is 8.92. The van der Waals surface area contributed by atoms with Gasteiger partial charge in [-0.25, -0.2) is 4.79 Å². The van der Waals surface area contributed by atoms with Crippen LogP contribution in [-0.2, 0) is 15.9 Å². The Labute approximate surface area is 323 Å². The lowest BCUT2D eigenvalue weighted by Gasteiger charge is -2.46. The molecular weight excluding hydrogens is 679 g/mol. The Bertz CT molecular complexity index is 1630. The van der Waals surface area contributed by atoms with Crippen LogP contribution in [0.15, 0.2) is 54.1 Å². The maximum atomic E-state index is 14.5. The molecule has 1 heterocycles. The fourth-order valence-electron chi connectivity index (χ4n) is 10.1. The van der Waals surface area contributed by atoms with Crippen LogP contribution in [0.2, 0.25) is 0 Å². The molecule has 296 valence electrons. The lowest BCUT2D eigenvalue weighted by Crippen LogP contribution is -2.55. The van der Waals surface area contributed by atoms with Gasteiger partial charge >= 0.3 is 6.09 Å². The van der Waals surface area contributed by atoms with E-state index in [1.165, 1.54) is 5.57 Å². The zero-order valence-corrected chi connectivity index (χ0v) is 33.6. The highest BCUT2D eigenvalue weighted by atomic mass is 16.6. The number of amides is 1. The van der Waals surface area contributed by atoms with Gasteiger partial charge in [-0.3, -0.25) is 4.79 Å². The molecule has 0 unspecified atom stereocenters. The number of hydrogen-bond donors (Lipinski definition) is 2. The van der Waals surface area contributed by atoms with Gasteiger partial charge in [0, 0.05) is 23.1 Å². The summed E-state index contributed by atoms with van der Waals surface area (Å²) in [7, 11) is 1.61. The number of fused-ring (bicyclic) bond motifs is 8. The maximum absolute atomic E-state index is 14.5. The molecule has 2 bridgehead atoms. The number of ether oxygens (including phenoxy) is 3. The SMILES string of the molecule is COc1ccc(C(=O)c2cc3ccc2[C@@H]2CC[C@@](O)(CN(C[C@H]4CCCO4)C(=O)O[C@H]4C[C@@H](C)CC[C@@H]4C(C)C)[C@@]2(C)CCC=C(C)CC[C@H](O)C3)cc1. The van der Waals surface area contributed by atoms with Crippen molar-refractivity contribution in [1.82, 2.24) is 4.90 Å². The van der Waals surface area contributed by atoms with Gasteiger partial charge in [-0.05, 0) is 143 Å². The number of allylic oxidation sites excluding steroid dienone is 2. The number of carbonyl (C=O) groups is 2. The topological polar surface area (TPSA) is 106 Å². The second-order valence-electron chi connectivity index (χ2n) is 17.8. The van der Waals surface area contributed by atoms with Gasteiger partial charge in [0.25, 0.3) is 0 Å². The third-order valence-corrected chi connectivity index (χ3v) is 13.6. The van der Waals surface area contributed by atoms with E-state index in [2.05, 4.69) is 46.8 Å². The van der Waals surface area contributed by atoms with E-state index in [0.29, 0.717) is 79.9 Å². The van der Waals surface area contributed by atoms with Crippen LogP contribution in [0.3, 0.4) is 0 Å². The lowest BCUT2D eigenvalue weighted by molar-refractivity contribution is -0.0908. The minimum atomic E-state index is -1.25. The van der Waals surface area contributed by atoms with Crippen molar-refractivity contribution < 1.29 is 34.0 Å². The fourth-order valence-corrected chi connectivity index (χ4v) is 10.1. The van der Waals surface area contributed by atoms with Crippen LogP contribution in [-0.4, -0.2) is 77.7 Å². The normalized spacial score (nSPS) is 31.8. The Kier molecular flexibility index (Phi) is 13.0. The van der Waals surface area contributed by atoms with Gasteiger partial charge in [0.2, 0.25) is 0 Å². The third-order valence-electron chi connectivity index (χ3n) is 13.6. The van der Waals surface area contributed by atoms with E-state index < -0.39 is 17.1 Å². The Hall–Kier alpha value is -3.20. The van der Waals surface area contributed by atoms with Gasteiger partial charge in [-0.2, -0.15) is 0 Å². The fraction of sp³-hybridized carbons (Fsp3) is 0.652. The van der Waals surface area contributed by atoms with Crippen LogP contribution in [0, 0.1) is 23.2 Å². The summed E-state index contributed by atoms with van der Waals surface area (Å²) >= 11 is 0. The van der Waals surface area contributed by atoms with Gasteiger partial charge in [0.1, 0.15) is 11.9 Å². The Morgan fingerprint density at radius 2 is 1.81 bits per heavy atom. The molecule has 8 atom stereocenters. The van der Waals surface area contributed by atoms with E-state index in [1.807, 2.05) is 12.1 Å². The number of ketones is 1. The zero-order valence-electron chi connectivity index (χ0n) is 33.6. The van der Waals surface area contributed by atoms with Crippen molar-refractivity contribution in [3.63, 3.8) is 0 Å². The molecular formula is C46H65NO7. The van der Waals surface area contributed by atoms with Crippen LogP contribution in [0.25, 0.3) is 0 Å². The molecule has 0 spiro atoms. The quantitative estimate of drug-likeness (QED) is 0.195. The molecule has 1 amide bonds. The maximum Gasteiger partial charge on any atom is 0.410 e. The monoisotopic (exact) mass is 743 g/mol. The Morgan fingerprint density at radius 3 is 2.52 bits per heavy atom. The summed E-state index contributed by atoms with van der Waals surface area (Å²) < 4.78 is 17.9. The van der Waals surface area contributed by atoms with E-state index in [4.69, 9.17) is 14.2 Å². The second-order valence-corrected chi connectivity index (χ2v) is 17.8. The summed E-state index contributed by atoms with van der Waals surface area (Å²) in [5, 5.41) is 24.2. The van der Waals surface area contributed by atoms with Gasteiger partial charge < -0.3 is 29.3 Å². The minimum absolute atomic E-state index is 0.0883. The number of aliphatic hydroxyl groups is 2. The van der Waals surface area contributed by atoms with Crippen LogP contribution < -0.4 is 4.74 Å². The van der Waals surface area contributed by atoms with E-state index in [9.17, 15) is 19.8 Å².